The minimum atomic E-state index is -0.652. The third-order valence-corrected chi connectivity index (χ3v) is 6.31. The van der Waals surface area contributed by atoms with E-state index in [-0.39, 0.29) is 37.4 Å². The summed E-state index contributed by atoms with van der Waals surface area (Å²) in [6.07, 6.45) is 1.28. The molecule has 0 bridgehead atoms. The van der Waals surface area contributed by atoms with Crippen molar-refractivity contribution in [1.29, 1.82) is 0 Å². The fourth-order valence-corrected chi connectivity index (χ4v) is 4.56. The van der Waals surface area contributed by atoms with Crippen LogP contribution in [-0.2, 0) is 29.1 Å². The van der Waals surface area contributed by atoms with Crippen molar-refractivity contribution in [3.8, 4) is 0 Å². The maximum atomic E-state index is 12.8. The summed E-state index contributed by atoms with van der Waals surface area (Å²) in [7, 11) is 0. The normalized spacial score (nSPS) is 17.6. The molecular formula is C23H23ClN4O4S. The molecule has 2 aliphatic rings. The first-order valence-electron chi connectivity index (χ1n) is 10.6. The van der Waals surface area contributed by atoms with Gasteiger partial charge in [-0.1, -0.05) is 29.8 Å². The van der Waals surface area contributed by atoms with E-state index >= 15 is 0 Å². The van der Waals surface area contributed by atoms with Gasteiger partial charge in [-0.15, -0.1) is 0 Å². The molecule has 5 amide bonds. The molecule has 1 fully saturated rings. The highest BCUT2D eigenvalue weighted by Crippen LogP contribution is 2.28. The van der Waals surface area contributed by atoms with E-state index in [1.807, 2.05) is 12.1 Å². The lowest BCUT2D eigenvalue weighted by molar-refractivity contribution is -0.136. The summed E-state index contributed by atoms with van der Waals surface area (Å²) in [5.74, 6) is -0.299. The lowest BCUT2D eigenvalue weighted by Gasteiger charge is -2.29. The summed E-state index contributed by atoms with van der Waals surface area (Å²) >= 11 is 10.4. The topological polar surface area (TPSA) is 108 Å². The Labute approximate surface area is 201 Å². The van der Waals surface area contributed by atoms with Gasteiger partial charge < -0.3 is 15.5 Å². The molecule has 1 unspecified atom stereocenters. The fraction of sp³-hybridized carbons (Fsp3) is 0.304. The van der Waals surface area contributed by atoms with Crippen molar-refractivity contribution in [2.75, 3.05) is 11.1 Å². The molecule has 2 aromatic rings. The van der Waals surface area contributed by atoms with Gasteiger partial charge in [-0.25, -0.2) is 4.79 Å². The molecule has 0 aromatic heterocycles. The number of thiol groups is 1. The van der Waals surface area contributed by atoms with Crippen molar-refractivity contribution in [3.05, 3.63) is 63.7 Å². The lowest BCUT2D eigenvalue weighted by atomic mass is 10.0. The zero-order valence-corrected chi connectivity index (χ0v) is 19.3. The molecule has 0 aliphatic carbocycles. The van der Waals surface area contributed by atoms with Gasteiger partial charge in [-0.2, -0.15) is 12.6 Å². The number of rotatable bonds is 6. The summed E-state index contributed by atoms with van der Waals surface area (Å²) in [6.45, 7) is 0.550. The van der Waals surface area contributed by atoms with E-state index in [1.54, 1.807) is 24.3 Å². The van der Waals surface area contributed by atoms with Crippen molar-refractivity contribution in [2.45, 2.75) is 38.4 Å². The van der Waals surface area contributed by atoms with Crippen molar-refractivity contribution >= 4 is 53.7 Å². The number of halogens is 1. The van der Waals surface area contributed by atoms with Gasteiger partial charge in [0, 0.05) is 35.8 Å². The molecule has 2 aromatic carbocycles. The molecule has 0 spiro atoms. The summed E-state index contributed by atoms with van der Waals surface area (Å²) < 4.78 is 0. The molecule has 2 aliphatic heterocycles. The first-order chi connectivity index (χ1) is 15.9. The van der Waals surface area contributed by atoms with Crippen LogP contribution < -0.4 is 16.0 Å². The molecule has 3 N–H and O–H groups in total. The smallest absolute Gasteiger partial charge is 0.319 e. The Bertz CT molecular complexity index is 1140. The van der Waals surface area contributed by atoms with E-state index < -0.39 is 11.9 Å². The summed E-state index contributed by atoms with van der Waals surface area (Å²) in [5, 5.41) is 8.41. The highest BCUT2D eigenvalue weighted by Gasteiger charge is 2.39. The van der Waals surface area contributed by atoms with Crippen LogP contribution in [-0.4, -0.2) is 40.4 Å². The van der Waals surface area contributed by atoms with Crippen LogP contribution in [0.2, 0.25) is 5.02 Å². The average Bonchev–Trinajstić information content (AvgIpc) is 3.10. The van der Waals surface area contributed by atoms with Crippen LogP contribution >= 0.6 is 24.2 Å². The highest BCUT2D eigenvalue weighted by molar-refractivity contribution is 7.80. The molecule has 10 heteroatoms. The Hall–Kier alpha value is -3.04. The van der Waals surface area contributed by atoms with Crippen LogP contribution in [0.1, 0.15) is 39.9 Å². The summed E-state index contributed by atoms with van der Waals surface area (Å²) in [5.41, 5.74) is 3.69. The standard InChI is InChI=1S/C23H23ClN4O4S/c24-18-10-16(3-2-14(18)7-8-33)26-23(32)25-11-13-1-4-17-15(9-13)12-28(22(17)31)19-5-6-20(29)27-21(19)30/h1-4,9-10,19,33H,5-8,11-12H2,(H2,25,26,32)(H,27,29,30). The zero-order chi connectivity index (χ0) is 23.5. The Balaban J connectivity index is 1.35. The lowest BCUT2D eigenvalue weighted by Crippen LogP contribution is -2.52. The number of hydrogen-bond donors (Lipinski definition) is 4. The minimum Gasteiger partial charge on any atom is -0.334 e. The molecule has 1 saturated heterocycles. The van der Waals surface area contributed by atoms with E-state index in [1.165, 1.54) is 4.90 Å². The Morgan fingerprint density at radius 3 is 2.73 bits per heavy atom. The second-order valence-corrected chi connectivity index (χ2v) is 8.83. The van der Waals surface area contributed by atoms with Gasteiger partial charge >= 0.3 is 6.03 Å². The first kappa shape index (κ1) is 23.1. The van der Waals surface area contributed by atoms with Crippen molar-refractivity contribution < 1.29 is 19.2 Å². The predicted molar refractivity (Wildman–Crippen MR) is 127 cm³/mol. The number of anilines is 1. The Morgan fingerprint density at radius 1 is 1.18 bits per heavy atom. The van der Waals surface area contributed by atoms with Crippen LogP contribution in [0.4, 0.5) is 10.5 Å². The number of aryl methyl sites for hydroxylation is 1. The van der Waals surface area contributed by atoms with Gasteiger partial charge in [0.15, 0.2) is 0 Å². The van der Waals surface area contributed by atoms with Gasteiger partial charge in [0.25, 0.3) is 5.91 Å². The van der Waals surface area contributed by atoms with E-state index in [0.717, 1.165) is 23.1 Å². The van der Waals surface area contributed by atoms with Crippen LogP contribution in [0.15, 0.2) is 36.4 Å². The summed E-state index contributed by atoms with van der Waals surface area (Å²) in [4.78, 5) is 50.1. The molecule has 8 nitrogen and oxygen atoms in total. The molecule has 0 saturated carbocycles. The van der Waals surface area contributed by atoms with Crippen LogP contribution in [0.3, 0.4) is 0 Å². The quantitative estimate of drug-likeness (QED) is 0.372. The number of nitrogens with one attached hydrogen (secondary N) is 3. The SMILES string of the molecule is O=C1CCC(N2Cc3cc(CNC(=O)Nc4ccc(CCS)c(Cl)c4)ccc3C2=O)C(=O)N1. The molecule has 2 heterocycles. The second kappa shape index (κ2) is 9.84. The number of carbonyl (C=O) groups excluding carboxylic acids is 4. The van der Waals surface area contributed by atoms with E-state index in [0.29, 0.717) is 28.4 Å². The third kappa shape index (κ3) is 5.15. The molecule has 1 atom stereocenters. The van der Waals surface area contributed by atoms with Crippen molar-refractivity contribution in [1.82, 2.24) is 15.5 Å². The number of piperidine rings is 1. The monoisotopic (exact) mass is 486 g/mol. The number of urea groups is 1. The average molecular weight is 487 g/mol. The van der Waals surface area contributed by atoms with E-state index in [9.17, 15) is 19.2 Å². The van der Waals surface area contributed by atoms with Crippen molar-refractivity contribution in [3.63, 3.8) is 0 Å². The molecule has 4 rings (SSSR count). The van der Waals surface area contributed by atoms with Crippen LogP contribution in [0, 0.1) is 0 Å². The molecule has 0 radical (unpaired) electrons. The predicted octanol–water partition coefficient (Wildman–Crippen LogP) is 2.90. The summed E-state index contributed by atoms with van der Waals surface area (Å²) in [6, 6.07) is 9.64. The van der Waals surface area contributed by atoms with Gasteiger partial charge in [-0.05, 0) is 53.5 Å². The molecule has 172 valence electrons. The van der Waals surface area contributed by atoms with Gasteiger partial charge in [-0.3, -0.25) is 19.7 Å². The first-order valence-corrected chi connectivity index (χ1v) is 11.6. The van der Waals surface area contributed by atoms with Gasteiger partial charge in [0.1, 0.15) is 6.04 Å². The zero-order valence-electron chi connectivity index (χ0n) is 17.7. The Morgan fingerprint density at radius 2 is 2.00 bits per heavy atom. The second-order valence-electron chi connectivity index (χ2n) is 7.98. The van der Waals surface area contributed by atoms with E-state index in [4.69, 9.17) is 11.6 Å². The van der Waals surface area contributed by atoms with Crippen LogP contribution in [0.25, 0.3) is 0 Å². The highest BCUT2D eigenvalue weighted by atomic mass is 35.5. The minimum absolute atomic E-state index is 0.212. The number of fused-ring (bicyclic) bond motifs is 1. The van der Waals surface area contributed by atoms with Gasteiger partial charge in [0.2, 0.25) is 11.8 Å². The number of carbonyl (C=O) groups is 4. The Kier molecular flexibility index (Phi) is 6.90. The maximum Gasteiger partial charge on any atom is 0.319 e. The number of nitrogens with zero attached hydrogens (tertiary/aromatic N) is 1. The molecule has 33 heavy (non-hydrogen) atoms. The number of amides is 5. The maximum absolute atomic E-state index is 12.8. The molecular weight excluding hydrogens is 464 g/mol. The largest absolute Gasteiger partial charge is 0.334 e. The number of hydrogen-bond acceptors (Lipinski definition) is 5. The number of imide groups is 1. The van der Waals surface area contributed by atoms with E-state index in [2.05, 4.69) is 28.6 Å². The van der Waals surface area contributed by atoms with Crippen molar-refractivity contribution in [2.24, 2.45) is 0 Å². The van der Waals surface area contributed by atoms with Gasteiger partial charge in [0.05, 0.1) is 0 Å². The van der Waals surface area contributed by atoms with Crippen LogP contribution in [0.5, 0.6) is 0 Å². The number of benzene rings is 2. The fourth-order valence-electron chi connectivity index (χ4n) is 4.04. The third-order valence-electron chi connectivity index (χ3n) is 5.73.